The number of aromatic nitrogens is 3. The fraction of sp³-hybridized carbons (Fsp3) is 0.263. The summed E-state index contributed by atoms with van der Waals surface area (Å²) in [5, 5.41) is 4.13. The van der Waals surface area contributed by atoms with Crippen LogP contribution in [0.5, 0.6) is 0 Å². The smallest absolute Gasteiger partial charge is 0.227 e. The van der Waals surface area contributed by atoms with Crippen LogP contribution in [0.4, 0.5) is 17.3 Å². The van der Waals surface area contributed by atoms with E-state index in [1.807, 2.05) is 36.5 Å². The molecule has 1 N–H and O–H groups in total. The van der Waals surface area contributed by atoms with Crippen LogP contribution in [0, 0.1) is 0 Å². The van der Waals surface area contributed by atoms with E-state index in [2.05, 4.69) is 27.2 Å². The van der Waals surface area contributed by atoms with E-state index in [1.54, 1.807) is 22.4 Å². The largest absolute Gasteiger partial charge is 0.325 e. The molecule has 4 rings (SSSR count). The van der Waals surface area contributed by atoms with Crippen LogP contribution in [0.1, 0.15) is 24.6 Å². The number of pyridine rings is 2. The molecule has 0 aliphatic carbocycles. The standard InChI is InChI=1S/C19H19N5OS/c1-2-14-12-21-19(26-14)15-5-3-6-17(22-15)23-16-9-8-13(11-20-16)24-10-4-7-18(24)25/h3,5-6,8-9,11-12H,2,4,7,10H2,1H3,(H,20,22,23). The van der Waals surface area contributed by atoms with Gasteiger partial charge in [-0.15, -0.1) is 11.3 Å². The molecule has 0 atom stereocenters. The summed E-state index contributed by atoms with van der Waals surface area (Å²) in [5.41, 5.74) is 1.69. The highest BCUT2D eigenvalue weighted by atomic mass is 32.1. The summed E-state index contributed by atoms with van der Waals surface area (Å²) in [6.07, 6.45) is 6.14. The number of carbonyl (C=O) groups excluding carboxylic acids is 1. The van der Waals surface area contributed by atoms with E-state index in [1.165, 1.54) is 4.88 Å². The number of rotatable bonds is 5. The van der Waals surface area contributed by atoms with Crippen LogP contribution in [0.15, 0.2) is 42.7 Å². The zero-order valence-electron chi connectivity index (χ0n) is 14.5. The van der Waals surface area contributed by atoms with Gasteiger partial charge in [-0.25, -0.2) is 15.0 Å². The molecule has 0 aromatic carbocycles. The maximum atomic E-state index is 11.8. The molecule has 4 heterocycles. The molecule has 3 aromatic rings. The molecule has 26 heavy (non-hydrogen) atoms. The van der Waals surface area contributed by atoms with E-state index in [0.29, 0.717) is 18.1 Å². The van der Waals surface area contributed by atoms with Crippen molar-refractivity contribution in [2.24, 2.45) is 0 Å². The van der Waals surface area contributed by atoms with Gasteiger partial charge in [-0.05, 0) is 37.1 Å². The quantitative estimate of drug-likeness (QED) is 0.739. The van der Waals surface area contributed by atoms with Crippen LogP contribution in [0.25, 0.3) is 10.7 Å². The first-order valence-corrected chi connectivity index (χ1v) is 9.50. The number of hydrogen-bond donors (Lipinski definition) is 1. The molecule has 0 unspecified atom stereocenters. The van der Waals surface area contributed by atoms with Crippen molar-refractivity contribution < 1.29 is 4.79 Å². The normalized spacial score (nSPS) is 14.0. The van der Waals surface area contributed by atoms with Crippen LogP contribution in [0.2, 0.25) is 0 Å². The summed E-state index contributed by atoms with van der Waals surface area (Å²) in [6, 6.07) is 9.59. The molecule has 1 amide bonds. The Balaban J connectivity index is 1.50. The second-order valence-electron chi connectivity index (χ2n) is 6.07. The van der Waals surface area contributed by atoms with Gasteiger partial charge in [-0.2, -0.15) is 0 Å². The van der Waals surface area contributed by atoms with Gasteiger partial charge < -0.3 is 10.2 Å². The van der Waals surface area contributed by atoms with E-state index in [4.69, 9.17) is 0 Å². The molecule has 1 saturated heterocycles. The highest BCUT2D eigenvalue weighted by Gasteiger charge is 2.21. The first kappa shape index (κ1) is 16.7. The van der Waals surface area contributed by atoms with Crippen molar-refractivity contribution in [2.75, 3.05) is 16.8 Å². The lowest BCUT2D eigenvalue weighted by atomic mass is 10.3. The van der Waals surface area contributed by atoms with Crippen LogP contribution in [-0.2, 0) is 11.2 Å². The van der Waals surface area contributed by atoms with Crippen LogP contribution in [-0.4, -0.2) is 27.4 Å². The second-order valence-corrected chi connectivity index (χ2v) is 7.18. The lowest BCUT2D eigenvalue weighted by molar-refractivity contribution is -0.117. The monoisotopic (exact) mass is 365 g/mol. The maximum Gasteiger partial charge on any atom is 0.227 e. The molecule has 3 aromatic heterocycles. The van der Waals surface area contributed by atoms with E-state index in [-0.39, 0.29) is 5.91 Å². The second kappa shape index (κ2) is 7.21. The Labute approximate surface area is 155 Å². The number of anilines is 3. The minimum atomic E-state index is 0.164. The lowest BCUT2D eigenvalue weighted by Gasteiger charge is -2.15. The highest BCUT2D eigenvalue weighted by Crippen LogP contribution is 2.26. The van der Waals surface area contributed by atoms with Gasteiger partial charge in [-0.1, -0.05) is 13.0 Å². The van der Waals surface area contributed by atoms with E-state index >= 15 is 0 Å². The molecule has 1 aliphatic heterocycles. The van der Waals surface area contributed by atoms with Crippen molar-refractivity contribution in [1.82, 2.24) is 15.0 Å². The van der Waals surface area contributed by atoms with Crippen LogP contribution >= 0.6 is 11.3 Å². The third-order valence-corrected chi connectivity index (χ3v) is 5.42. The van der Waals surface area contributed by atoms with Gasteiger partial charge >= 0.3 is 0 Å². The summed E-state index contributed by atoms with van der Waals surface area (Å²) in [5.74, 6) is 1.57. The average Bonchev–Trinajstić information content (AvgIpc) is 3.32. The maximum absolute atomic E-state index is 11.8. The minimum absolute atomic E-state index is 0.164. The fourth-order valence-electron chi connectivity index (χ4n) is 2.88. The van der Waals surface area contributed by atoms with E-state index < -0.39 is 0 Å². The number of aryl methyl sites for hydroxylation is 1. The molecular weight excluding hydrogens is 346 g/mol. The van der Waals surface area contributed by atoms with Crippen molar-refractivity contribution in [1.29, 1.82) is 0 Å². The molecule has 7 heteroatoms. The molecule has 0 spiro atoms. The summed E-state index contributed by atoms with van der Waals surface area (Å²) in [4.78, 5) is 28.3. The Bertz CT molecular complexity index is 922. The fourth-order valence-corrected chi connectivity index (χ4v) is 3.71. The van der Waals surface area contributed by atoms with Gasteiger partial charge in [0.25, 0.3) is 0 Å². The number of carbonyl (C=O) groups is 1. The number of thiazole rings is 1. The Morgan fingerprint density at radius 1 is 1.15 bits per heavy atom. The predicted molar refractivity (Wildman–Crippen MR) is 104 cm³/mol. The molecular formula is C19H19N5OS. The summed E-state index contributed by atoms with van der Waals surface area (Å²) in [6.45, 7) is 2.89. The average molecular weight is 365 g/mol. The Morgan fingerprint density at radius 2 is 2.08 bits per heavy atom. The molecule has 0 bridgehead atoms. The van der Waals surface area contributed by atoms with Gasteiger partial charge in [0.15, 0.2) is 0 Å². The molecule has 0 saturated carbocycles. The predicted octanol–water partition coefficient (Wildman–Crippen LogP) is 4.03. The van der Waals surface area contributed by atoms with Gasteiger partial charge in [-0.3, -0.25) is 4.79 Å². The zero-order chi connectivity index (χ0) is 17.9. The number of hydrogen-bond acceptors (Lipinski definition) is 6. The van der Waals surface area contributed by atoms with Crippen molar-refractivity contribution >= 4 is 34.6 Å². The van der Waals surface area contributed by atoms with Gasteiger partial charge in [0.2, 0.25) is 5.91 Å². The Kier molecular flexibility index (Phi) is 4.62. The topological polar surface area (TPSA) is 71.0 Å². The SMILES string of the molecule is CCc1cnc(-c2cccc(Nc3ccc(N4CCCC4=O)cn3)n2)s1. The molecule has 1 aliphatic rings. The van der Waals surface area contributed by atoms with E-state index in [9.17, 15) is 4.79 Å². The third-order valence-electron chi connectivity index (χ3n) is 4.26. The van der Waals surface area contributed by atoms with Crippen molar-refractivity contribution in [2.45, 2.75) is 26.2 Å². The first-order chi connectivity index (χ1) is 12.7. The number of nitrogens with one attached hydrogen (secondary N) is 1. The molecule has 0 radical (unpaired) electrons. The van der Waals surface area contributed by atoms with Gasteiger partial charge in [0.05, 0.1) is 11.9 Å². The zero-order valence-corrected chi connectivity index (χ0v) is 15.3. The molecule has 1 fully saturated rings. The lowest BCUT2D eigenvalue weighted by Crippen LogP contribution is -2.23. The number of nitrogens with zero attached hydrogens (tertiary/aromatic N) is 4. The van der Waals surface area contributed by atoms with Gasteiger partial charge in [0, 0.05) is 24.0 Å². The summed E-state index contributed by atoms with van der Waals surface area (Å²) in [7, 11) is 0. The van der Waals surface area contributed by atoms with Crippen LogP contribution in [0.3, 0.4) is 0 Å². The van der Waals surface area contributed by atoms with Crippen molar-refractivity contribution in [3.8, 4) is 10.7 Å². The third kappa shape index (κ3) is 3.43. The minimum Gasteiger partial charge on any atom is -0.325 e. The Morgan fingerprint density at radius 3 is 2.77 bits per heavy atom. The summed E-state index contributed by atoms with van der Waals surface area (Å²) >= 11 is 1.66. The Hall–Kier alpha value is -2.80. The van der Waals surface area contributed by atoms with Crippen molar-refractivity contribution in [3.05, 3.63) is 47.6 Å². The summed E-state index contributed by atoms with van der Waals surface area (Å²) < 4.78 is 0. The number of amides is 1. The first-order valence-electron chi connectivity index (χ1n) is 8.68. The molecule has 132 valence electrons. The molecule has 6 nitrogen and oxygen atoms in total. The van der Waals surface area contributed by atoms with Gasteiger partial charge in [0.1, 0.15) is 22.3 Å². The van der Waals surface area contributed by atoms with Crippen molar-refractivity contribution in [3.63, 3.8) is 0 Å². The van der Waals surface area contributed by atoms with Crippen LogP contribution < -0.4 is 10.2 Å². The van der Waals surface area contributed by atoms with E-state index in [0.717, 1.165) is 35.8 Å². The highest BCUT2D eigenvalue weighted by molar-refractivity contribution is 7.15.